The fraction of sp³-hybridized carbons (Fsp3) is 0.316. The van der Waals surface area contributed by atoms with Gasteiger partial charge in [0.2, 0.25) is 0 Å². The number of fused-ring (bicyclic) bond motifs is 1. The number of nitrogens with one attached hydrogen (secondary N) is 1. The summed E-state index contributed by atoms with van der Waals surface area (Å²) in [6.45, 7) is 0.562. The van der Waals surface area contributed by atoms with Crippen molar-refractivity contribution in [1.29, 1.82) is 0 Å². The number of benzene rings is 2. The second-order valence-electron chi connectivity index (χ2n) is 6.05. The molecule has 0 aliphatic carbocycles. The van der Waals surface area contributed by atoms with Gasteiger partial charge in [-0.1, -0.05) is 48.5 Å². The first-order chi connectivity index (χ1) is 11.1. The molecule has 0 unspecified atom stereocenters. The summed E-state index contributed by atoms with van der Waals surface area (Å²) in [7, 11) is 4.04. The molecule has 1 aliphatic rings. The van der Waals surface area contributed by atoms with Crippen LogP contribution in [0.1, 0.15) is 17.2 Å². The van der Waals surface area contributed by atoms with E-state index < -0.39 is 6.10 Å². The van der Waals surface area contributed by atoms with Gasteiger partial charge < -0.3 is 15.0 Å². The normalized spacial score (nSPS) is 17.4. The van der Waals surface area contributed by atoms with Crippen molar-refractivity contribution >= 4 is 5.91 Å². The van der Waals surface area contributed by atoms with Crippen molar-refractivity contribution in [3.63, 3.8) is 0 Å². The molecule has 0 spiro atoms. The van der Waals surface area contributed by atoms with Crippen LogP contribution in [0, 0.1) is 0 Å². The third-order valence-corrected chi connectivity index (χ3v) is 4.22. The van der Waals surface area contributed by atoms with Crippen LogP contribution in [0.15, 0.2) is 54.6 Å². The standard InChI is InChI=1S/C19H22N2O2/c1-21(2)16(14-8-4-3-5-9-14)13-20-19(22)18-12-15-10-6-7-11-17(15)23-18/h3-11,16,18H,12-13H2,1-2H3,(H,20,22)/t16-,18+/m0/s1. The highest BCUT2D eigenvalue weighted by Crippen LogP contribution is 2.28. The van der Waals surface area contributed by atoms with Crippen molar-refractivity contribution in [1.82, 2.24) is 10.2 Å². The summed E-state index contributed by atoms with van der Waals surface area (Å²) in [6, 6.07) is 18.2. The van der Waals surface area contributed by atoms with Crippen LogP contribution in [0.5, 0.6) is 5.75 Å². The van der Waals surface area contributed by atoms with Gasteiger partial charge in [-0.3, -0.25) is 4.79 Å². The van der Waals surface area contributed by atoms with Gasteiger partial charge in [-0.05, 0) is 31.3 Å². The summed E-state index contributed by atoms with van der Waals surface area (Å²) in [6.07, 6.45) is 0.214. The lowest BCUT2D eigenvalue weighted by Crippen LogP contribution is -2.41. The monoisotopic (exact) mass is 310 g/mol. The first-order valence-electron chi connectivity index (χ1n) is 7.89. The fourth-order valence-electron chi connectivity index (χ4n) is 2.91. The highest BCUT2D eigenvalue weighted by atomic mass is 16.5. The van der Waals surface area contributed by atoms with Gasteiger partial charge >= 0.3 is 0 Å². The molecule has 2 atom stereocenters. The van der Waals surface area contributed by atoms with Crippen LogP contribution >= 0.6 is 0 Å². The van der Waals surface area contributed by atoms with Crippen LogP contribution in [0.4, 0.5) is 0 Å². The number of rotatable bonds is 5. The Morgan fingerprint density at radius 3 is 2.57 bits per heavy atom. The van der Waals surface area contributed by atoms with Crippen molar-refractivity contribution < 1.29 is 9.53 Å². The second-order valence-corrected chi connectivity index (χ2v) is 6.05. The third-order valence-electron chi connectivity index (χ3n) is 4.22. The van der Waals surface area contributed by atoms with Crippen LogP contribution in [-0.4, -0.2) is 37.6 Å². The molecule has 1 N–H and O–H groups in total. The predicted octanol–water partition coefficient (Wildman–Crippen LogP) is 2.41. The number of amides is 1. The van der Waals surface area contributed by atoms with Crippen molar-refractivity contribution in [2.75, 3.05) is 20.6 Å². The maximum absolute atomic E-state index is 12.4. The molecule has 3 rings (SSSR count). The van der Waals surface area contributed by atoms with E-state index in [1.807, 2.05) is 56.6 Å². The number of hydrogen-bond donors (Lipinski definition) is 1. The number of para-hydroxylation sites is 1. The molecule has 0 aromatic heterocycles. The molecule has 1 amide bonds. The lowest BCUT2D eigenvalue weighted by molar-refractivity contribution is -0.127. The Morgan fingerprint density at radius 2 is 1.87 bits per heavy atom. The summed E-state index contributed by atoms with van der Waals surface area (Å²) in [4.78, 5) is 14.5. The quantitative estimate of drug-likeness (QED) is 0.922. The van der Waals surface area contributed by atoms with E-state index in [0.717, 1.165) is 11.3 Å². The molecule has 23 heavy (non-hydrogen) atoms. The van der Waals surface area contributed by atoms with Crippen LogP contribution in [0.3, 0.4) is 0 Å². The number of ether oxygens (including phenoxy) is 1. The van der Waals surface area contributed by atoms with Gasteiger partial charge in [-0.25, -0.2) is 0 Å². The lowest BCUT2D eigenvalue weighted by atomic mass is 10.1. The van der Waals surface area contributed by atoms with Crippen molar-refractivity contribution in [2.45, 2.75) is 18.6 Å². The molecule has 0 bridgehead atoms. The van der Waals surface area contributed by atoms with E-state index in [0.29, 0.717) is 13.0 Å². The number of carbonyl (C=O) groups excluding carboxylic acids is 1. The zero-order valence-electron chi connectivity index (χ0n) is 13.5. The first kappa shape index (κ1) is 15.6. The van der Waals surface area contributed by atoms with Gasteiger partial charge in [0, 0.05) is 13.0 Å². The predicted molar refractivity (Wildman–Crippen MR) is 90.4 cm³/mol. The fourth-order valence-corrected chi connectivity index (χ4v) is 2.91. The van der Waals surface area contributed by atoms with E-state index in [9.17, 15) is 4.79 Å². The number of nitrogens with zero attached hydrogens (tertiary/aromatic N) is 1. The zero-order chi connectivity index (χ0) is 16.2. The van der Waals surface area contributed by atoms with E-state index in [1.165, 1.54) is 5.56 Å². The molecule has 1 aliphatic heterocycles. The summed E-state index contributed by atoms with van der Waals surface area (Å²) < 4.78 is 5.74. The average molecular weight is 310 g/mol. The van der Waals surface area contributed by atoms with E-state index in [2.05, 4.69) is 22.3 Å². The number of hydrogen-bond acceptors (Lipinski definition) is 3. The Hall–Kier alpha value is -2.33. The highest BCUT2D eigenvalue weighted by molar-refractivity contribution is 5.82. The maximum Gasteiger partial charge on any atom is 0.261 e. The molecule has 2 aromatic carbocycles. The van der Waals surface area contributed by atoms with Gasteiger partial charge in [0.1, 0.15) is 5.75 Å². The van der Waals surface area contributed by atoms with Crippen LogP contribution in [0.2, 0.25) is 0 Å². The molecule has 0 fully saturated rings. The molecule has 4 nitrogen and oxygen atoms in total. The molecular formula is C19H22N2O2. The van der Waals surface area contributed by atoms with Gasteiger partial charge in [0.15, 0.2) is 6.10 Å². The molecule has 0 radical (unpaired) electrons. The number of likely N-dealkylation sites (N-methyl/N-ethyl adjacent to an activating group) is 1. The Kier molecular flexibility index (Phi) is 4.63. The van der Waals surface area contributed by atoms with Crippen LogP contribution in [0.25, 0.3) is 0 Å². The Labute approximate surface area is 137 Å². The summed E-state index contributed by atoms with van der Waals surface area (Å²) in [5.74, 6) is 0.767. The minimum absolute atomic E-state index is 0.0519. The van der Waals surface area contributed by atoms with Gasteiger partial charge in [-0.2, -0.15) is 0 Å². The molecule has 4 heteroatoms. The number of carbonyl (C=O) groups is 1. The third kappa shape index (κ3) is 3.54. The van der Waals surface area contributed by atoms with Gasteiger partial charge in [0.05, 0.1) is 6.04 Å². The molecule has 0 saturated carbocycles. The van der Waals surface area contributed by atoms with E-state index in [1.54, 1.807) is 0 Å². The SMILES string of the molecule is CN(C)[C@@H](CNC(=O)[C@H]1Cc2ccccc2O1)c1ccccc1. The molecule has 120 valence electrons. The van der Waals surface area contributed by atoms with Crippen molar-refractivity contribution in [3.8, 4) is 5.75 Å². The smallest absolute Gasteiger partial charge is 0.261 e. The minimum atomic E-state index is -0.425. The topological polar surface area (TPSA) is 41.6 Å². The van der Waals surface area contributed by atoms with Crippen LogP contribution in [-0.2, 0) is 11.2 Å². The molecular weight excluding hydrogens is 288 g/mol. The van der Waals surface area contributed by atoms with Crippen LogP contribution < -0.4 is 10.1 Å². The van der Waals surface area contributed by atoms with E-state index >= 15 is 0 Å². The second kappa shape index (κ2) is 6.84. The van der Waals surface area contributed by atoms with E-state index in [4.69, 9.17) is 4.74 Å². The highest BCUT2D eigenvalue weighted by Gasteiger charge is 2.29. The minimum Gasteiger partial charge on any atom is -0.480 e. The zero-order valence-corrected chi connectivity index (χ0v) is 13.5. The van der Waals surface area contributed by atoms with Crippen molar-refractivity contribution in [2.24, 2.45) is 0 Å². The molecule has 1 heterocycles. The average Bonchev–Trinajstić information content (AvgIpc) is 2.99. The largest absolute Gasteiger partial charge is 0.480 e. The molecule has 2 aromatic rings. The van der Waals surface area contributed by atoms with E-state index in [-0.39, 0.29) is 11.9 Å². The molecule has 0 saturated heterocycles. The Morgan fingerprint density at radius 1 is 1.17 bits per heavy atom. The van der Waals surface area contributed by atoms with Crippen molar-refractivity contribution in [3.05, 3.63) is 65.7 Å². The Bertz CT molecular complexity index is 645. The summed E-state index contributed by atoms with van der Waals surface area (Å²) in [5.41, 5.74) is 2.29. The maximum atomic E-state index is 12.4. The van der Waals surface area contributed by atoms with Gasteiger partial charge in [0.25, 0.3) is 5.91 Å². The lowest BCUT2D eigenvalue weighted by Gasteiger charge is -2.25. The van der Waals surface area contributed by atoms with Gasteiger partial charge in [-0.15, -0.1) is 0 Å². The Balaban J connectivity index is 1.60. The summed E-state index contributed by atoms with van der Waals surface area (Å²) in [5, 5.41) is 3.03. The summed E-state index contributed by atoms with van der Waals surface area (Å²) >= 11 is 0. The first-order valence-corrected chi connectivity index (χ1v) is 7.89.